The first-order valence-corrected chi connectivity index (χ1v) is 7.81. The second kappa shape index (κ2) is 7.99. The number of nitrogens with one attached hydrogen (secondary N) is 2. The van der Waals surface area contributed by atoms with E-state index >= 15 is 0 Å². The number of carbonyl (C=O) groups is 1. The third-order valence-corrected chi connectivity index (χ3v) is 3.73. The Labute approximate surface area is 140 Å². The maximum absolute atomic E-state index is 12.1. The average Bonchev–Trinajstić information content (AvgIpc) is 2.90. The summed E-state index contributed by atoms with van der Waals surface area (Å²) < 4.78 is 1.64. The molecule has 0 aliphatic heterocycles. The SMILES string of the molecule is Cc1ccc(NC(=O)CC(C)Nc2cnn(CCO)c2)cc1Cl. The maximum Gasteiger partial charge on any atom is 0.226 e. The number of amides is 1. The van der Waals surface area contributed by atoms with Crippen LogP contribution in [0.1, 0.15) is 18.9 Å². The van der Waals surface area contributed by atoms with E-state index in [0.717, 1.165) is 11.3 Å². The molecule has 0 spiro atoms. The van der Waals surface area contributed by atoms with Crippen molar-refractivity contribution in [1.82, 2.24) is 9.78 Å². The first-order valence-electron chi connectivity index (χ1n) is 7.44. The van der Waals surface area contributed by atoms with Crippen molar-refractivity contribution in [3.63, 3.8) is 0 Å². The standard InChI is InChI=1S/C16H21ClN4O2/c1-11-3-4-13(8-15(11)17)20-16(23)7-12(2)19-14-9-18-21(10-14)5-6-22/h3-4,8-10,12,19,22H,5-7H2,1-2H3,(H,20,23). The van der Waals surface area contributed by atoms with Gasteiger partial charge in [0.05, 0.1) is 25.0 Å². The number of aliphatic hydroxyl groups excluding tert-OH is 1. The summed E-state index contributed by atoms with van der Waals surface area (Å²) in [5.41, 5.74) is 2.48. The Morgan fingerprint density at radius 2 is 2.22 bits per heavy atom. The minimum atomic E-state index is -0.0901. The van der Waals surface area contributed by atoms with Crippen LogP contribution in [0.4, 0.5) is 11.4 Å². The van der Waals surface area contributed by atoms with Crippen molar-refractivity contribution in [2.24, 2.45) is 0 Å². The normalized spacial score (nSPS) is 12.0. The van der Waals surface area contributed by atoms with Crippen molar-refractivity contribution >= 4 is 28.9 Å². The molecule has 1 heterocycles. The molecule has 2 aromatic rings. The smallest absolute Gasteiger partial charge is 0.226 e. The number of nitrogens with zero attached hydrogens (tertiary/aromatic N) is 2. The molecule has 2 rings (SSSR count). The molecule has 23 heavy (non-hydrogen) atoms. The predicted molar refractivity (Wildman–Crippen MR) is 91.8 cm³/mol. The van der Waals surface area contributed by atoms with Crippen LogP contribution in [-0.4, -0.2) is 33.4 Å². The van der Waals surface area contributed by atoms with E-state index in [1.807, 2.05) is 26.0 Å². The molecule has 3 N–H and O–H groups in total. The van der Waals surface area contributed by atoms with Crippen molar-refractivity contribution in [1.29, 1.82) is 0 Å². The van der Waals surface area contributed by atoms with Crippen molar-refractivity contribution < 1.29 is 9.90 Å². The third-order valence-electron chi connectivity index (χ3n) is 3.32. The molecular formula is C16H21ClN4O2. The van der Waals surface area contributed by atoms with E-state index in [2.05, 4.69) is 15.7 Å². The van der Waals surface area contributed by atoms with Gasteiger partial charge in [0.15, 0.2) is 0 Å². The van der Waals surface area contributed by atoms with Crippen molar-refractivity contribution in [3.8, 4) is 0 Å². The number of benzene rings is 1. The third kappa shape index (κ3) is 5.26. The van der Waals surface area contributed by atoms with E-state index in [1.165, 1.54) is 0 Å². The Bertz CT molecular complexity index is 672. The molecule has 0 bridgehead atoms. The summed E-state index contributed by atoms with van der Waals surface area (Å²) in [4.78, 5) is 12.1. The van der Waals surface area contributed by atoms with Crippen LogP contribution in [0.3, 0.4) is 0 Å². The first kappa shape index (κ1) is 17.3. The van der Waals surface area contributed by atoms with E-state index in [4.69, 9.17) is 16.7 Å². The summed E-state index contributed by atoms with van der Waals surface area (Å²) in [5.74, 6) is -0.0901. The molecule has 0 saturated carbocycles. The first-order chi connectivity index (χ1) is 11.0. The van der Waals surface area contributed by atoms with E-state index in [0.29, 0.717) is 23.7 Å². The van der Waals surface area contributed by atoms with Crippen LogP contribution in [-0.2, 0) is 11.3 Å². The highest BCUT2D eigenvalue weighted by molar-refractivity contribution is 6.31. The van der Waals surface area contributed by atoms with Crippen LogP contribution in [0.25, 0.3) is 0 Å². The quantitative estimate of drug-likeness (QED) is 0.726. The van der Waals surface area contributed by atoms with E-state index in [-0.39, 0.29) is 18.6 Å². The Balaban J connectivity index is 1.84. The van der Waals surface area contributed by atoms with Crippen LogP contribution in [0.15, 0.2) is 30.6 Å². The lowest BCUT2D eigenvalue weighted by Gasteiger charge is -2.14. The monoisotopic (exact) mass is 336 g/mol. The molecule has 124 valence electrons. The van der Waals surface area contributed by atoms with Gasteiger partial charge in [-0.1, -0.05) is 17.7 Å². The van der Waals surface area contributed by atoms with Crippen LogP contribution in [0.5, 0.6) is 0 Å². The second-order valence-electron chi connectivity index (χ2n) is 5.48. The fourth-order valence-electron chi connectivity index (χ4n) is 2.16. The summed E-state index contributed by atoms with van der Waals surface area (Å²) in [6.07, 6.45) is 3.78. The highest BCUT2D eigenvalue weighted by Gasteiger charge is 2.11. The van der Waals surface area contributed by atoms with Gasteiger partial charge in [-0.15, -0.1) is 0 Å². The van der Waals surface area contributed by atoms with E-state index in [1.54, 1.807) is 23.1 Å². The Morgan fingerprint density at radius 3 is 2.91 bits per heavy atom. The molecule has 7 heteroatoms. The fraction of sp³-hybridized carbons (Fsp3) is 0.375. The number of aliphatic hydroxyl groups is 1. The fourth-order valence-corrected chi connectivity index (χ4v) is 2.34. The van der Waals surface area contributed by atoms with Crippen LogP contribution >= 0.6 is 11.6 Å². The molecule has 0 aliphatic rings. The van der Waals surface area contributed by atoms with Crippen LogP contribution in [0, 0.1) is 6.92 Å². The Morgan fingerprint density at radius 1 is 1.43 bits per heavy atom. The molecule has 0 aliphatic carbocycles. The summed E-state index contributed by atoms with van der Waals surface area (Å²) in [6.45, 7) is 4.32. The van der Waals surface area contributed by atoms with Crippen LogP contribution in [0.2, 0.25) is 5.02 Å². The number of anilines is 2. The van der Waals surface area contributed by atoms with E-state index in [9.17, 15) is 4.79 Å². The minimum Gasteiger partial charge on any atom is -0.394 e. The van der Waals surface area contributed by atoms with Crippen molar-refractivity contribution in [2.45, 2.75) is 32.9 Å². The largest absolute Gasteiger partial charge is 0.394 e. The molecular weight excluding hydrogens is 316 g/mol. The number of hydrogen-bond donors (Lipinski definition) is 3. The van der Waals surface area contributed by atoms with Crippen molar-refractivity contribution in [2.75, 3.05) is 17.2 Å². The van der Waals surface area contributed by atoms with Gasteiger partial charge in [-0.25, -0.2) is 0 Å². The van der Waals surface area contributed by atoms with Crippen LogP contribution < -0.4 is 10.6 Å². The van der Waals surface area contributed by atoms with Gasteiger partial charge in [0.25, 0.3) is 0 Å². The summed E-state index contributed by atoms with van der Waals surface area (Å²) in [6, 6.07) is 5.39. The van der Waals surface area contributed by atoms with Gasteiger partial charge in [-0.05, 0) is 31.5 Å². The number of aromatic nitrogens is 2. The summed E-state index contributed by atoms with van der Waals surface area (Å²) in [5, 5.41) is 19.6. The van der Waals surface area contributed by atoms with Gasteiger partial charge in [0, 0.05) is 29.4 Å². The average molecular weight is 337 g/mol. The zero-order valence-corrected chi connectivity index (χ0v) is 14.0. The zero-order chi connectivity index (χ0) is 16.8. The molecule has 6 nitrogen and oxygen atoms in total. The lowest BCUT2D eigenvalue weighted by Crippen LogP contribution is -2.23. The number of halogens is 1. The zero-order valence-electron chi connectivity index (χ0n) is 13.2. The second-order valence-corrected chi connectivity index (χ2v) is 5.88. The molecule has 1 atom stereocenters. The van der Waals surface area contributed by atoms with Gasteiger partial charge in [0.1, 0.15) is 0 Å². The maximum atomic E-state index is 12.1. The summed E-state index contributed by atoms with van der Waals surface area (Å²) in [7, 11) is 0. The molecule has 1 aromatic carbocycles. The molecule has 0 saturated heterocycles. The lowest BCUT2D eigenvalue weighted by molar-refractivity contribution is -0.116. The van der Waals surface area contributed by atoms with Gasteiger partial charge in [-0.3, -0.25) is 9.48 Å². The molecule has 0 radical (unpaired) electrons. The number of carbonyl (C=O) groups excluding carboxylic acids is 1. The highest BCUT2D eigenvalue weighted by atomic mass is 35.5. The molecule has 1 aromatic heterocycles. The van der Waals surface area contributed by atoms with Gasteiger partial charge in [-0.2, -0.15) is 5.10 Å². The molecule has 0 fully saturated rings. The minimum absolute atomic E-state index is 0.0399. The van der Waals surface area contributed by atoms with Gasteiger partial charge >= 0.3 is 0 Å². The number of hydrogen-bond acceptors (Lipinski definition) is 4. The van der Waals surface area contributed by atoms with Crippen molar-refractivity contribution in [3.05, 3.63) is 41.2 Å². The van der Waals surface area contributed by atoms with Gasteiger partial charge in [0.2, 0.25) is 5.91 Å². The Hall–Kier alpha value is -2.05. The Kier molecular flexibility index (Phi) is 6.01. The van der Waals surface area contributed by atoms with E-state index < -0.39 is 0 Å². The van der Waals surface area contributed by atoms with Gasteiger partial charge < -0.3 is 15.7 Å². The molecule has 1 unspecified atom stereocenters. The number of aryl methyl sites for hydroxylation is 1. The molecule has 1 amide bonds. The number of rotatable bonds is 7. The predicted octanol–water partition coefficient (Wildman–Crippen LogP) is 2.67. The topological polar surface area (TPSA) is 79.2 Å². The lowest BCUT2D eigenvalue weighted by atomic mass is 10.2. The highest BCUT2D eigenvalue weighted by Crippen LogP contribution is 2.20. The summed E-state index contributed by atoms with van der Waals surface area (Å²) >= 11 is 6.05.